The molecule has 0 aromatic carbocycles. The van der Waals surface area contributed by atoms with Crippen LogP contribution in [0.4, 0.5) is 5.82 Å². The Morgan fingerprint density at radius 3 is 2.72 bits per heavy atom. The molecule has 0 radical (unpaired) electrons. The number of nitrogens with two attached hydrogens (primary N) is 1. The van der Waals surface area contributed by atoms with Crippen LogP contribution in [0.2, 0.25) is 5.02 Å². The second-order valence-corrected chi connectivity index (χ2v) is 5.78. The molecule has 2 fully saturated rings. The van der Waals surface area contributed by atoms with E-state index >= 15 is 0 Å². The van der Waals surface area contributed by atoms with Crippen LogP contribution in [0, 0.1) is 5.92 Å². The lowest BCUT2D eigenvalue weighted by Crippen LogP contribution is -2.28. The summed E-state index contributed by atoms with van der Waals surface area (Å²) in [6.07, 6.45) is 5.40. The fourth-order valence-electron chi connectivity index (χ4n) is 2.28. The number of aromatic nitrogens is 1. The molecule has 3 rings (SSSR count). The fourth-order valence-corrected chi connectivity index (χ4v) is 2.45. The molecule has 0 amide bonds. The summed E-state index contributed by atoms with van der Waals surface area (Å²) in [5.74, 6) is 6.97. The Balaban J connectivity index is 1.71. The monoisotopic (exact) mass is 266 g/mol. The molecular formula is C13H19ClN4. The number of rotatable bonds is 6. The molecule has 0 bridgehead atoms. The Kier molecular flexibility index (Phi) is 3.41. The molecule has 1 heterocycles. The van der Waals surface area contributed by atoms with Gasteiger partial charge in [-0.3, -0.25) is 4.90 Å². The van der Waals surface area contributed by atoms with Crippen LogP contribution >= 0.6 is 11.6 Å². The Hall–Kier alpha value is -0.840. The van der Waals surface area contributed by atoms with Crippen molar-refractivity contribution in [1.82, 2.24) is 9.88 Å². The van der Waals surface area contributed by atoms with E-state index in [-0.39, 0.29) is 0 Å². The van der Waals surface area contributed by atoms with Crippen molar-refractivity contribution >= 4 is 17.4 Å². The standard InChI is InChI=1S/C13H19ClN4/c14-11-5-6-13(17-15)16-12(11)8-18(10-3-4-10)7-9-1-2-9/h5-6,9-10H,1-4,7-8,15H2,(H,16,17). The van der Waals surface area contributed by atoms with E-state index in [0.717, 1.165) is 29.2 Å². The van der Waals surface area contributed by atoms with Crippen molar-refractivity contribution in [3.63, 3.8) is 0 Å². The van der Waals surface area contributed by atoms with Crippen LogP contribution in [-0.4, -0.2) is 22.5 Å². The maximum Gasteiger partial charge on any atom is 0.140 e. The predicted molar refractivity (Wildman–Crippen MR) is 73.2 cm³/mol. The molecule has 0 atom stereocenters. The van der Waals surface area contributed by atoms with E-state index < -0.39 is 0 Å². The molecule has 3 N–H and O–H groups in total. The third kappa shape index (κ3) is 2.94. The van der Waals surface area contributed by atoms with Gasteiger partial charge in [0.1, 0.15) is 5.82 Å². The summed E-state index contributed by atoms with van der Waals surface area (Å²) < 4.78 is 0. The van der Waals surface area contributed by atoms with Gasteiger partial charge in [-0.05, 0) is 43.7 Å². The average Bonchev–Trinajstić information content (AvgIpc) is 3.24. The van der Waals surface area contributed by atoms with Crippen molar-refractivity contribution in [2.24, 2.45) is 11.8 Å². The number of nitrogens with one attached hydrogen (secondary N) is 1. The minimum absolute atomic E-state index is 0.677. The van der Waals surface area contributed by atoms with E-state index in [1.807, 2.05) is 6.07 Å². The van der Waals surface area contributed by atoms with Crippen molar-refractivity contribution < 1.29 is 0 Å². The first-order valence-corrected chi connectivity index (χ1v) is 7.00. The van der Waals surface area contributed by atoms with E-state index in [9.17, 15) is 0 Å². The third-order valence-electron chi connectivity index (χ3n) is 3.67. The van der Waals surface area contributed by atoms with Gasteiger partial charge < -0.3 is 5.43 Å². The van der Waals surface area contributed by atoms with Crippen molar-refractivity contribution in [2.45, 2.75) is 38.3 Å². The predicted octanol–water partition coefficient (Wildman–Crippen LogP) is 2.40. The molecule has 2 aliphatic rings. The van der Waals surface area contributed by atoms with Gasteiger partial charge in [0.2, 0.25) is 0 Å². The quantitative estimate of drug-likeness (QED) is 0.613. The van der Waals surface area contributed by atoms with E-state index in [1.165, 1.54) is 32.2 Å². The minimum atomic E-state index is 0.677. The second kappa shape index (κ2) is 5.03. The molecule has 0 aliphatic heterocycles. The number of nitrogens with zero attached hydrogens (tertiary/aromatic N) is 2. The largest absolute Gasteiger partial charge is 0.308 e. The molecule has 0 unspecified atom stereocenters. The summed E-state index contributed by atoms with van der Waals surface area (Å²) >= 11 is 6.22. The molecule has 2 saturated carbocycles. The first-order valence-electron chi connectivity index (χ1n) is 6.62. The molecule has 98 valence electrons. The molecular weight excluding hydrogens is 248 g/mol. The molecule has 18 heavy (non-hydrogen) atoms. The highest BCUT2D eigenvalue weighted by Crippen LogP contribution is 2.36. The van der Waals surface area contributed by atoms with E-state index in [2.05, 4.69) is 15.3 Å². The van der Waals surface area contributed by atoms with Crippen LogP contribution in [0.5, 0.6) is 0 Å². The van der Waals surface area contributed by atoms with Gasteiger partial charge in [0.05, 0.1) is 10.7 Å². The molecule has 0 saturated heterocycles. The number of halogens is 1. The highest BCUT2D eigenvalue weighted by atomic mass is 35.5. The molecule has 0 spiro atoms. The Morgan fingerprint density at radius 2 is 2.11 bits per heavy atom. The number of hydrogen-bond acceptors (Lipinski definition) is 4. The normalized spacial score (nSPS) is 19.3. The summed E-state index contributed by atoms with van der Waals surface area (Å²) in [5, 5.41) is 0.732. The summed E-state index contributed by atoms with van der Waals surface area (Å²) in [6.45, 7) is 2.04. The first kappa shape index (κ1) is 12.2. The Labute approximate surface area is 112 Å². The van der Waals surface area contributed by atoms with E-state index in [1.54, 1.807) is 6.07 Å². The Morgan fingerprint density at radius 1 is 1.33 bits per heavy atom. The minimum Gasteiger partial charge on any atom is -0.308 e. The zero-order valence-electron chi connectivity index (χ0n) is 10.4. The number of hydrazine groups is 1. The fraction of sp³-hybridized carbons (Fsp3) is 0.615. The van der Waals surface area contributed by atoms with Gasteiger partial charge in [0.15, 0.2) is 0 Å². The SMILES string of the molecule is NNc1ccc(Cl)c(CN(CC2CC2)C2CC2)n1. The zero-order chi connectivity index (χ0) is 12.5. The maximum atomic E-state index is 6.22. The summed E-state index contributed by atoms with van der Waals surface area (Å²) in [4.78, 5) is 6.99. The lowest BCUT2D eigenvalue weighted by molar-refractivity contribution is 0.241. The van der Waals surface area contributed by atoms with Crippen molar-refractivity contribution in [1.29, 1.82) is 0 Å². The second-order valence-electron chi connectivity index (χ2n) is 5.37. The number of anilines is 1. The summed E-state index contributed by atoms with van der Waals surface area (Å²) in [7, 11) is 0. The molecule has 1 aromatic rings. The molecule has 1 aromatic heterocycles. The lowest BCUT2D eigenvalue weighted by Gasteiger charge is -2.22. The molecule has 5 heteroatoms. The highest BCUT2D eigenvalue weighted by molar-refractivity contribution is 6.31. The Bertz CT molecular complexity index is 429. The number of pyridine rings is 1. The van der Waals surface area contributed by atoms with Gasteiger partial charge in [-0.15, -0.1) is 0 Å². The zero-order valence-corrected chi connectivity index (χ0v) is 11.2. The van der Waals surface area contributed by atoms with Crippen LogP contribution in [0.3, 0.4) is 0 Å². The average molecular weight is 267 g/mol. The number of nitrogen functional groups attached to an aromatic ring is 1. The van der Waals surface area contributed by atoms with Gasteiger partial charge in [-0.1, -0.05) is 11.6 Å². The molecule has 4 nitrogen and oxygen atoms in total. The van der Waals surface area contributed by atoms with Crippen molar-refractivity contribution in [3.8, 4) is 0 Å². The topological polar surface area (TPSA) is 54.2 Å². The third-order valence-corrected chi connectivity index (χ3v) is 4.02. The van der Waals surface area contributed by atoms with Gasteiger partial charge in [-0.2, -0.15) is 0 Å². The van der Waals surface area contributed by atoms with Gasteiger partial charge in [-0.25, -0.2) is 10.8 Å². The van der Waals surface area contributed by atoms with E-state index in [0.29, 0.717) is 5.82 Å². The van der Waals surface area contributed by atoms with Crippen molar-refractivity contribution in [2.75, 3.05) is 12.0 Å². The maximum absolute atomic E-state index is 6.22. The lowest BCUT2D eigenvalue weighted by atomic mass is 10.3. The number of hydrogen-bond donors (Lipinski definition) is 2. The van der Waals surface area contributed by atoms with Gasteiger partial charge in [0, 0.05) is 19.1 Å². The summed E-state index contributed by atoms with van der Waals surface area (Å²) in [6, 6.07) is 4.41. The van der Waals surface area contributed by atoms with Crippen LogP contribution < -0.4 is 11.3 Å². The van der Waals surface area contributed by atoms with Crippen LogP contribution in [-0.2, 0) is 6.54 Å². The van der Waals surface area contributed by atoms with Crippen LogP contribution in [0.15, 0.2) is 12.1 Å². The smallest absolute Gasteiger partial charge is 0.140 e. The van der Waals surface area contributed by atoms with Crippen LogP contribution in [0.1, 0.15) is 31.4 Å². The van der Waals surface area contributed by atoms with Crippen molar-refractivity contribution in [3.05, 3.63) is 22.8 Å². The van der Waals surface area contributed by atoms with Crippen LogP contribution in [0.25, 0.3) is 0 Å². The van der Waals surface area contributed by atoms with Gasteiger partial charge in [0.25, 0.3) is 0 Å². The first-order chi connectivity index (χ1) is 8.76. The van der Waals surface area contributed by atoms with Gasteiger partial charge >= 0.3 is 0 Å². The summed E-state index contributed by atoms with van der Waals surface area (Å²) in [5.41, 5.74) is 3.51. The highest BCUT2D eigenvalue weighted by Gasteiger charge is 2.34. The molecule has 2 aliphatic carbocycles. The van der Waals surface area contributed by atoms with E-state index in [4.69, 9.17) is 17.4 Å².